The first-order valence-corrected chi connectivity index (χ1v) is 10.1. The molecule has 0 heterocycles. The highest BCUT2D eigenvalue weighted by Crippen LogP contribution is 2.27. The molecule has 2 aromatic carbocycles. The third-order valence-electron chi connectivity index (χ3n) is 4.73. The van der Waals surface area contributed by atoms with Crippen LogP contribution in [0, 0.1) is 12.8 Å². The second-order valence-electron chi connectivity index (χ2n) is 7.66. The fraction of sp³-hybridized carbons (Fsp3) is 0.417. The van der Waals surface area contributed by atoms with Crippen molar-refractivity contribution in [2.75, 3.05) is 6.61 Å². The lowest BCUT2D eigenvalue weighted by Crippen LogP contribution is -2.38. The van der Waals surface area contributed by atoms with E-state index in [4.69, 9.17) is 4.74 Å². The van der Waals surface area contributed by atoms with E-state index in [0.29, 0.717) is 6.42 Å². The van der Waals surface area contributed by atoms with E-state index in [9.17, 15) is 14.7 Å². The minimum absolute atomic E-state index is 0.00516. The van der Waals surface area contributed by atoms with Crippen molar-refractivity contribution in [1.82, 2.24) is 5.32 Å². The Morgan fingerprint density at radius 2 is 1.83 bits per heavy atom. The molecule has 0 bridgehead atoms. The maximum Gasteiger partial charge on any atom is 0.308 e. The molecule has 0 saturated heterocycles. The summed E-state index contributed by atoms with van der Waals surface area (Å²) in [6.07, 6.45) is -0.744. The minimum atomic E-state index is -1.11. The second kappa shape index (κ2) is 10.8. The zero-order valence-electron chi connectivity index (χ0n) is 17.6. The molecule has 5 nitrogen and oxygen atoms in total. The molecule has 0 aliphatic heterocycles. The zero-order chi connectivity index (χ0) is 21.4. The van der Waals surface area contributed by atoms with Crippen LogP contribution in [0.4, 0.5) is 0 Å². The van der Waals surface area contributed by atoms with Gasteiger partial charge in [-0.1, -0.05) is 56.3 Å². The number of aryl methyl sites for hydroxylation is 1. The molecule has 5 heteroatoms. The lowest BCUT2D eigenvalue weighted by molar-refractivity contribution is -0.144. The van der Waals surface area contributed by atoms with Gasteiger partial charge in [-0.25, -0.2) is 0 Å². The van der Waals surface area contributed by atoms with Crippen LogP contribution in [0.1, 0.15) is 50.8 Å². The number of carbonyl (C=O) groups is 2. The van der Waals surface area contributed by atoms with Gasteiger partial charge in [0.15, 0.2) is 0 Å². The highest BCUT2D eigenvalue weighted by molar-refractivity contribution is 5.82. The van der Waals surface area contributed by atoms with E-state index in [0.717, 1.165) is 22.3 Å². The molecule has 2 rings (SSSR count). The molecule has 0 aliphatic carbocycles. The van der Waals surface area contributed by atoms with E-state index in [1.54, 1.807) is 6.92 Å². The molecular formula is C24H31NO4. The standard InChI is InChI=1S/C24H31NO4/c1-5-29-23(27)15-21(25-24(28)22(26)13-16(2)3)19-11-8-10-18(14-19)20-12-7-6-9-17(20)4/h6-12,14,16,21-22,26H,5,13,15H2,1-4H3,(H,25,28). The number of hydrogen-bond donors (Lipinski definition) is 2. The summed E-state index contributed by atoms with van der Waals surface area (Å²) in [7, 11) is 0. The number of ether oxygens (including phenoxy) is 1. The number of aliphatic hydroxyl groups excluding tert-OH is 1. The molecule has 29 heavy (non-hydrogen) atoms. The van der Waals surface area contributed by atoms with Crippen LogP contribution in [-0.4, -0.2) is 29.7 Å². The summed E-state index contributed by atoms with van der Waals surface area (Å²) < 4.78 is 5.08. The Labute approximate surface area is 173 Å². The Balaban J connectivity index is 2.30. The van der Waals surface area contributed by atoms with Gasteiger partial charge in [0.05, 0.1) is 19.1 Å². The van der Waals surface area contributed by atoms with E-state index in [2.05, 4.69) is 5.32 Å². The van der Waals surface area contributed by atoms with Gasteiger partial charge in [0.25, 0.3) is 0 Å². The maximum atomic E-state index is 12.5. The van der Waals surface area contributed by atoms with Gasteiger partial charge in [0.1, 0.15) is 6.10 Å². The van der Waals surface area contributed by atoms with Gasteiger partial charge in [-0.2, -0.15) is 0 Å². The second-order valence-corrected chi connectivity index (χ2v) is 7.66. The van der Waals surface area contributed by atoms with E-state index in [-0.39, 0.29) is 18.9 Å². The first-order chi connectivity index (χ1) is 13.8. The van der Waals surface area contributed by atoms with E-state index in [1.165, 1.54) is 0 Å². The largest absolute Gasteiger partial charge is 0.466 e. The summed E-state index contributed by atoms with van der Waals surface area (Å²) in [6.45, 7) is 7.95. The molecule has 2 N–H and O–H groups in total. The Kier molecular flexibility index (Phi) is 8.40. The minimum Gasteiger partial charge on any atom is -0.466 e. The first-order valence-electron chi connectivity index (χ1n) is 10.1. The molecule has 2 aromatic rings. The summed E-state index contributed by atoms with van der Waals surface area (Å²) in [5.74, 6) is -0.685. The van der Waals surface area contributed by atoms with Gasteiger partial charge in [0.2, 0.25) is 5.91 Å². The highest BCUT2D eigenvalue weighted by Gasteiger charge is 2.24. The SMILES string of the molecule is CCOC(=O)CC(NC(=O)C(O)CC(C)C)c1cccc(-c2ccccc2C)c1. The molecule has 2 atom stereocenters. The maximum absolute atomic E-state index is 12.5. The van der Waals surface area contributed by atoms with Crippen LogP contribution in [0.25, 0.3) is 11.1 Å². The van der Waals surface area contributed by atoms with E-state index < -0.39 is 24.0 Å². The van der Waals surface area contributed by atoms with Gasteiger partial charge in [-0.15, -0.1) is 0 Å². The smallest absolute Gasteiger partial charge is 0.308 e. The van der Waals surface area contributed by atoms with Crippen LogP contribution < -0.4 is 5.32 Å². The number of hydrogen-bond acceptors (Lipinski definition) is 4. The highest BCUT2D eigenvalue weighted by atomic mass is 16.5. The lowest BCUT2D eigenvalue weighted by Gasteiger charge is -2.22. The normalized spacial score (nSPS) is 13.0. The molecule has 0 spiro atoms. The molecule has 1 amide bonds. The van der Waals surface area contributed by atoms with Gasteiger partial charge >= 0.3 is 5.97 Å². The van der Waals surface area contributed by atoms with Crippen molar-refractivity contribution in [3.63, 3.8) is 0 Å². The molecule has 0 radical (unpaired) electrons. The average Bonchev–Trinajstić information content (AvgIpc) is 2.67. The first kappa shape index (κ1) is 22.6. The zero-order valence-corrected chi connectivity index (χ0v) is 17.6. The number of benzene rings is 2. The third kappa shape index (κ3) is 6.71. The third-order valence-corrected chi connectivity index (χ3v) is 4.73. The predicted molar refractivity (Wildman–Crippen MR) is 114 cm³/mol. The number of carbonyl (C=O) groups excluding carboxylic acids is 2. The Morgan fingerprint density at radius 1 is 1.10 bits per heavy atom. The molecule has 156 valence electrons. The van der Waals surface area contributed by atoms with Crippen LogP contribution in [0.15, 0.2) is 48.5 Å². The predicted octanol–water partition coefficient (Wildman–Crippen LogP) is 4.18. The van der Waals surface area contributed by atoms with Crippen LogP contribution in [-0.2, 0) is 14.3 Å². The van der Waals surface area contributed by atoms with Crippen LogP contribution in [0.3, 0.4) is 0 Å². The molecule has 2 unspecified atom stereocenters. The van der Waals surface area contributed by atoms with Crippen molar-refractivity contribution in [2.24, 2.45) is 5.92 Å². The number of esters is 1. The number of rotatable bonds is 9. The van der Waals surface area contributed by atoms with Crippen LogP contribution in [0.5, 0.6) is 0 Å². The topological polar surface area (TPSA) is 75.6 Å². The average molecular weight is 398 g/mol. The Morgan fingerprint density at radius 3 is 2.48 bits per heavy atom. The fourth-order valence-corrected chi connectivity index (χ4v) is 3.28. The van der Waals surface area contributed by atoms with Crippen molar-refractivity contribution in [3.8, 4) is 11.1 Å². The summed E-state index contributed by atoms with van der Waals surface area (Å²) >= 11 is 0. The molecule has 0 aliphatic rings. The van der Waals surface area contributed by atoms with E-state index >= 15 is 0 Å². The van der Waals surface area contributed by atoms with Gasteiger partial charge in [-0.3, -0.25) is 9.59 Å². The Hall–Kier alpha value is -2.66. The molecule has 0 aromatic heterocycles. The number of aliphatic hydroxyl groups is 1. The molecule has 0 fully saturated rings. The van der Waals surface area contributed by atoms with Crippen LogP contribution >= 0.6 is 0 Å². The molecule has 0 saturated carbocycles. The number of nitrogens with one attached hydrogen (secondary N) is 1. The summed E-state index contributed by atoms with van der Waals surface area (Å²) in [4.78, 5) is 24.6. The summed E-state index contributed by atoms with van der Waals surface area (Å²) in [5.41, 5.74) is 4.04. The summed E-state index contributed by atoms with van der Waals surface area (Å²) in [5, 5.41) is 13.0. The number of amides is 1. The summed E-state index contributed by atoms with van der Waals surface area (Å²) in [6, 6.07) is 15.2. The Bertz CT molecular complexity index is 831. The lowest BCUT2D eigenvalue weighted by atomic mass is 9.95. The van der Waals surface area contributed by atoms with E-state index in [1.807, 2.05) is 69.3 Å². The van der Waals surface area contributed by atoms with Gasteiger partial charge < -0.3 is 15.2 Å². The quantitative estimate of drug-likeness (QED) is 0.623. The van der Waals surface area contributed by atoms with Crippen molar-refractivity contribution in [1.29, 1.82) is 0 Å². The van der Waals surface area contributed by atoms with Gasteiger partial charge in [0, 0.05) is 0 Å². The van der Waals surface area contributed by atoms with Crippen molar-refractivity contribution < 1.29 is 19.4 Å². The van der Waals surface area contributed by atoms with Gasteiger partial charge in [-0.05, 0) is 54.5 Å². The fourth-order valence-electron chi connectivity index (χ4n) is 3.28. The van der Waals surface area contributed by atoms with Crippen molar-refractivity contribution >= 4 is 11.9 Å². The monoisotopic (exact) mass is 397 g/mol. The van der Waals surface area contributed by atoms with Crippen molar-refractivity contribution in [2.45, 2.75) is 52.7 Å². The van der Waals surface area contributed by atoms with Crippen LogP contribution in [0.2, 0.25) is 0 Å². The molecular weight excluding hydrogens is 366 g/mol. The van der Waals surface area contributed by atoms with Crippen molar-refractivity contribution in [3.05, 3.63) is 59.7 Å².